The van der Waals surface area contributed by atoms with Crippen molar-refractivity contribution >= 4 is 33.2 Å². The standard InChI is InChI=1S/C22H29ClN2O4S/c1-15(2)13-21(17-9-11-20(29-4)12-10-17)24-22(26)16(3)25(30(5,27)28)19-8-6-7-18(23)14-19/h6-12,14-16,21H,13H2,1-5H3,(H,24,26)/t16-,21-/m1/s1. The zero-order valence-electron chi connectivity index (χ0n) is 17.9. The van der Waals surface area contributed by atoms with Crippen LogP contribution in [0.4, 0.5) is 5.69 Å². The summed E-state index contributed by atoms with van der Waals surface area (Å²) in [7, 11) is -2.12. The second-order valence-electron chi connectivity index (χ2n) is 7.68. The molecule has 0 saturated heterocycles. The van der Waals surface area contributed by atoms with E-state index in [-0.39, 0.29) is 11.9 Å². The van der Waals surface area contributed by atoms with Crippen LogP contribution in [0.3, 0.4) is 0 Å². The SMILES string of the molecule is COc1ccc([C@@H](CC(C)C)NC(=O)[C@@H](C)N(c2cccc(Cl)c2)S(C)(=O)=O)cc1. The number of methoxy groups -OCH3 is 1. The van der Waals surface area contributed by atoms with Gasteiger partial charge in [0.05, 0.1) is 25.1 Å². The summed E-state index contributed by atoms with van der Waals surface area (Å²) in [6.45, 7) is 5.71. The van der Waals surface area contributed by atoms with Crippen molar-refractivity contribution in [1.82, 2.24) is 5.32 Å². The highest BCUT2D eigenvalue weighted by Crippen LogP contribution is 2.27. The first kappa shape index (κ1) is 24.0. The Morgan fingerprint density at radius 1 is 1.13 bits per heavy atom. The van der Waals surface area contributed by atoms with Crippen molar-refractivity contribution < 1.29 is 17.9 Å². The van der Waals surface area contributed by atoms with E-state index in [1.807, 2.05) is 24.3 Å². The summed E-state index contributed by atoms with van der Waals surface area (Å²) in [6.07, 6.45) is 1.79. The summed E-state index contributed by atoms with van der Waals surface area (Å²) < 4.78 is 31.3. The van der Waals surface area contributed by atoms with E-state index in [0.29, 0.717) is 23.0 Å². The predicted molar refractivity (Wildman–Crippen MR) is 122 cm³/mol. The van der Waals surface area contributed by atoms with Gasteiger partial charge in [-0.1, -0.05) is 43.6 Å². The van der Waals surface area contributed by atoms with Gasteiger partial charge in [-0.05, 0) is 55.2 Å². The van der Waals surface area contributed by atoms with E-state index in [1.165, 1.54) is 6.07 Å². The number of nitrogens with zero attached hydrogens (tertiary/aromatic N) is 1. The number of hydrogen-bond donors (Lipinski definition) is 1. The maximum Gasteiger partial charge on any atom is 0.244 e. The summed E-state index contributed by atoms with van der Waals surface area (Å²) in [5.74, 6) is 0.666. The zero-order chi connectivity index (χ0) is 22.5. The van der Waals surface area contributed by atoms with E-state index in [2.05, 4.69) is 19.2 Å². The number of anilines is 1. The molecule has 1 amide bonds. The van der Waals surface area contributed by atoms with Gasteiger partial charge < -0.3 is 10.1 Å². The molecule has 0 aliphatic carbocycles. The van der Waals surface area contributed by atoms with Gasteiger partial charge in [-0.15, -0.1) is 0 Å². The van der Waals surface area contributed by atoms with Gasteiger partial charge in [-0.2, -0.15) is 0 Å². The molecule has 2 aromatic rings. The lowest BCUT2D eigenvalue weighted by atomic mass is 9.96. The molecular formula is C22H29ClN2O4S. The third-order valence-corrected chi connectivity index (χ3v) is 6.17. The Kier molecular flexibility index (Phi) is 8.15. The second kappa shape index (κ2) is 10.2. The Labute approximate surface area is 184 Å². The third kappa shape index (κ3) is 6.37. The van der Waals surface area contributed by atoms with Crippen molar-refractivity contribution in [3.05, 3.63) is 59.1 Å². The molecule has 2 aromatic carbocycles. The fourth-order valence-electron chi connectivity index (χ4n) is 3.30. The molecule has 0 unspecified atom stereocenters. The van der Waals surface area contributed by atoms with Crippen LogP contribution in [0.25, 0.3) is 0 Å². The zero-order valence-corrected chi connectivity index (χ0v) is 19.5. The lowest BCUT2D eigenvalue weighted by Crippen LogP contribution is -2.48. The molecule has 6 nitrogen and oxygen atoms in total. The van der Waals surface area contributed by atoms with Gasteiger partial charge >= 0.3 is 0 Å². The highest BCUT2D eigenvalue weighted by Gasteiger charge is 2.30. The third-order valence-electron chi connectivity index (χ3n) is 4.69. The monoisotopic (exact) mass is 452 g/mol. The van der Waals surface area contributed by atoms with Crippen LogP contribution in [-0.2, 0) is 14.8 Å². The molecule has 0 radical (unpaired) electrons. The van der Waals surface area contributed by atoms with Crippen LogP contribution < -0.4 is 14.4 Å². The number of amides is 1. The molecule has 2 atom stereocenters. The second-order valence-corrected chi connectivity index (χ2v) is 9.97. The van der Waals surface area contributed by atoms with Crippen LogP contribution in [0.5, 0.6) is 5.75 Å². The Morgan fingerprint density at radius 3 is 2.27 bits per heavy atom. The summed E-state index contributed by atoms with van der Waals surface area (Å²) in [5.41, 5.74) is 1.27. The topological polar surface area (TPSA) is 75.7 Å². The lowest BCUT2D eigenvalue weighted by molar-refractivity contribution is -0.122. The quantitative estimate of drug-likeness (QED) is 0.611. The average Bonchev–Trinajstić information content (AvgIpc) is 2.66. The van der Waals surface area contributed by atoms with Gasteiger partial charge in [-0.3, -0.25) is 9.10 Å². The minimum absolute atomic E-state index is 0.258. The molecule has 0 aliphatic heterocycles. The molecule has 0 bridgehead atoms. The molecule has 30 heavy (non-hydrogen) atoms. The van der Waals surface area contributed by atoms with E-state index < -0.39 is 16.1 Å². The minimum atomic E-state index is -3.71. The molecule has 0 aliphatic rings. The van der Waals surface area contributed by atoms with E-state index >= 15 is 0 Å². The van der Waals surface area contributed by atoms with Crippen LogP contribution in [0.2, 0.25) is 5.02 Å². The summed E-state index contributed by atoms with van der Waals surface area (Å²) in [6, 6.07) is 12.7. The maximum atomic E-state index is 13.1. The van der Waals surface area contributed by atoms with Crippen molar-refractivity contribution in [3.63, 3.8) is 0 Å². The molecule has 0 fully saturated rings. The smallest absolute Gasteiger partial charge is 0.244 e. The van der Waals surface area contributed by atoms with Gasteiger partial charge in [0.1, 0.15) is 11.8 Å². The molecular weight excluding hydrogens is 424 g/mol. The highest BCUT2D eigenvalue weighted by atomic mass is 35.5. The lowest BCUT2D eigenvalue weighted by Gasteiger charge is -2.30. The van der Waals surface area contributed by atoms with Gasteiger partial charge in [0.2, 0.25) is 15.9 Å². The number of halogens is 1. The van der Waals surface area contributed by atoms with E-state index in [1.54, 1.807) is 32.2 Å². The van der Waals surface area contributed by atoms with Crippen LogP contribution in [-0.4, -0.2) is 33.7 Å². The van der Waals surface area contributed by atoms with Crippen molar-refractivity contribution in [2.45, 2.75) is 39.3 Å². The molecule has 164 valence electrons. The number of ether oxygens (including phenoxy) is 1. The first-order chi connectivity index (χ1) is 14.0. The van der Waals surface area contributed by atoms with Crippen molar-refractivity contribution in [2.75, 3.05) is 17.7 Å². The Morgan fingerprint density at radius 2 is 1.77 bits per heavy atom. The Hall–Kier alpha value is -2.25. The number of carbonyl (C=O) groups is 1. The predicted octanol–water partition coefficient (Wildman–Crippen LogP) is 4.41. The molecule has 0 heterocycles. The fourth-order valence-corrected chi connectivity index (χ4v) is 4.65. The maximum absolute atomic E-state index is 13.1. The first-order valence-electron chi connectivity index (χ1n) is 9.72. The molecule has 0 saturated carbocycles. The molecule has 0 spiro atoms. The van der Waals surface area contributed by atoms with Crippen molar-refractivity contribution in [3.8, 4) is 5.75 Å². The van der Waals surface area contributed by atoms with Crippen LogP contribution in [0, 0.1) is 5.92 Å². The van der Waals surface area contributed by atoms with E-state index in [4.69, 9.17) is 16.3 Å². The highest BCUT2D eigenvalue weighted by molar-refractivity contribution is 7.92. The van der Waals surface area contributed by atoms with E-state index in [0.717, 1.165) is 21.9 Å². The summed E-state index contributed by atoms with van der Waals surface area (Å²) in [5, 5.41) is 3.41. The summed E-state index contributed by atoms with van der Waals surface area (Å²) in [4.78, 5) is 13.1. The van der Waals surface area contributed by atoms with Crippen LogP contribution in [0.1, 0.15) is 38.8 Å². The Bertz CT molecular complexity index is 961. The molecule has 8 heteroatoms. The normalized spacial score (nSPS) is 13.6. The number of nitrogens with one attached hydrogen (secondary N) is 1. The minimum Gasteiger partial charge on any atom is -0.497 e. The first-order valence-corrected chi connectivity index (χ1v) is 11.9. The number of carbonyl (C=O) groups excluding carboxylic acids is 1. The average molecular weight is 453 g/mol. The Balaban J connectivity index is 2.31. The van der Waals surface area contributed by atoms with Gasteiger partial charge in [0.15, 0.2) is 0 Å². The van der Waals surface area contributed by atoms with Gasteiger partial charge in [0.25, 0.3) is 0 Å². The van der Waals surface area contributed by atoms with Gasteiger partial charge in [-0.25, -0.2) is 8.42 Å². The van der Waals surface area contributed by atoms with Crippen LogP contribution >= 0.6 is 11.6 Å². The van der Waals surface area contributed by atoms with Crippen LogP contribution in [0.15, 0.2) is 48.5 Å². The van der Waals surface area contributed by atoms with Crippen molar-refractivity contribution in [2.24, 2.45) is 5.92 Å². The van der Waals surface area contributed by atoms with Crippen molar-refractivity contribution in [1.29, 1.82) is 0 Å². The largest absolute Gasteiger partial charge is 0.497 e. The number of sulfonamides is 1. The fraction of sp³-hybridized carbons (Fsp3) is 0.409. The molecule has 0 aromatic heterocycles. The summed E-state index contributed by atoms with van der Waals surface area (Å²) >= 11 is 6.04. The number of benzene rings is 2. The molecule has 2 rings (SSSR count). The van der Waals surface area contributed by atoms with Gasteiger partial charge in [0, 0.05) is 5.02 Å². The molecule has 1 N–H and O–H groups in total. The number of hydrogen-bond acceptors (Lipinski definition) is 4. The number of rotatable bonds is 9. The van der Waals surface area contributed by atoms with E-state index in [9.17, 15) is 13.2 Å².